The molecule has 1 aromatic heterocycles. The molecule has 1 saturated carbocycles. The van der Waals surface area contributed by atoms with Crippen molar-refractivity contribution in [2.45, 2.75) is 51.1 Å². The maximum absolute atomic E-state index is 13.8. The molecule has 34 heavy (non-hydrogen) atoms. The Labute approximate surface area is 201 Å². The van der Waals surface area contributed by atoms with Crippen molar-refractivity contribution in [3.05, 3.63) is 89.7 Å². The Kier molecular flexibility index (Phi) is 7.58. The molecule has 0 unspecified atom stereocenters. The van der Waals surface area contributed by atoms with Crippen molar-refractivity contribution < 1.29 is 14.3 Å². The van der Waals surface area contributed by atoms with Crippen LogP contribution in [-0.4, -0.2) is 29.9 Å². The van der Waals surface area contributed by atoms with Gasteiger partial charge in [0.15, 0.2) is 0 Å². The monoisotopic (exact) mass is 457 g/mol. The van der Waals surface area contributed by atoms with E-state index < -0.39 is 6.04 Å². The molecule has 0 bridgehead atoms. The van der Waals surface area contributed by atoms with Crippen molar-refractivity contribution in [1.29, 1.82) is 0 Å². The molecule has 0 aliphatic heterocycles. The van der Waals surface area contributed by atoms with Gasteiger partial charge in [-0.15, -0.1) is 0 Å². The minimum Gasteiger partial charge on any atom is -0.497 e. The van der Waals surface area contributed by atoms with E-state index in [1.54, 1.807) is 60.7 Å². The highest BCUT2D eigenvalue weighted by Gasteiger charge is 2.35. The van der Waals surface area contributed by atoms with Crippen LogP contribution in [0.4, 0.5) is 5.69 Å². The lowest BCUT2D eigenvalue weighted by Crippen LogP contribution is -2.47. The highest BCUT2D eigenvalue weighted by Crippen LogP contribution is 2.31. The van der Waals surface area contributed by atoms with E-state index in [1.165, 1.54) is 6.42 Å². The zero-order valence-corrected chi connectivity index (χ0v) is 19.7. The van der Waals surface area contributed by atoms with Crippen LogP contribution in [0, 0.1) is 6.92 Å². The molecule has 2 aromatic carbocycles. The lowest BCUT2D eigenvalue weighted by atomic mass is 9.94. The van der Waals surface area contributed by atoms with Gasteiger partial charge in [-0.3, -0.25) is 19.5 Å². The number of hydrogen-bond donors (Lipinski definition) is 1. The van der Waals surface area contributed by atoms with Gasteiger partial charge in [0.1, 0.15) is 17.5 Å². The highest BCUT2D eigenvalue weighted by atomic mass is 16.5. The summed E-state index contributed by atoms with van der Waals surface area (Å²) in [4.78, 5) is 33.5. The minimum atomic E-state index is -0.842. The largest absolute Gasteiger partial charge is 0.497 e. The molecule has 176 valence electrons. The first-order valence-corrected chi connectivity index (χ1v) is 11.8. The zero-order valence-electron chi connectivity index (χ0n) is 19.7. The van der Waals surface area contributed by atoms with E-state index >= 15 is 0 Å². The van der Waals surface area contributed by atoms with Crippen molar-refractivity contribution in [2.24, 2.45) is 0 Å². The van der Waals surface area contributed by atoms with Gasteiger partial charge in [-0.25, -0.2) is 0 Å². The van der Waals surface area contributed by atoms with Crippen molar-refractivity contribution >= 4 is 17.5 Å². The number of aryl methyl sites for hydroxylation is 1. The molecule has 0 radical (unpaired) electrons. The summed E-state index contributed by atoms with van der Waals surface area (Å²) in [5.74, 6) is 0.151. The van der Waals surface area contributed by atoms with Crippen LogP contribution in [0.2, 0.25) is 0 Å². The normalized spacial score (nSPS) is 14.8. The van der Waals surface area contributed by atoms with Crippen LogP contribution >= 0.6 is 0 Å². The first-order chi connectivity index (χ1) is 16.6. The first kappa shape index (κ1) is 23.5. The van der Waals surface area contributed by atoms with Gasteiger partial charge in [0, 0.05) is 17.9 Å². The third-order valence-electron chi connectivity index (χ3n) is 6.30. The molecule has 1 N–H and O–H groups in total. The highest BCUT2D eigenvalue weighted by molar-refractivity contribution is 6.09. The maximum atomic E-state index is 13.8. The molecular weight excluding hydrogens is 426 g/mol. The number of hydrogen-bond acceptors (Lipinski definition) is 4. The number of benzene rings is 2. The number of aromatic nitrogens is 1. The molecule has 1 fully saturated rings. The molecule has 0 saturated heterocycles. The van der Waals surface area contributed by atoms with Crippen LogP contribution in [0.25, 0.3) is 0 Å². The number of nitrogens with one attached hydrogen (secondary N) is 1. The summed E-state index contributed by atoms with van der Waals surface area (Å²) in [6.45, 7) is 2.00. The molecule has 1 aliphatic rings. The molecule has 1 aliphatic carbocycles. The number of amides is 2. The number of rotatable bonds is 7. The number of carbonyl (C=O) groups is 2. The molecule has 6 heteroatoms. The summed E-state index contributed by atoms with van der Waals surface area (Å²) in [6.07, 6.45) is 6.92. The first-order valence-electron chi connectivity index (χ1n) is 11.8. The van der Waals surface area contributed by atoms with Crippen LogP contribution in [0.5, 0.6) is 5.75 Å². The number of ether oxygens (including phenoxy) is 1. The Morgan fingerprint density at radius 3 is 2.29 bits per heavy atom. The Hall–Kier alpha value is -3.67. The fourth-order valence-corrected chi connectivity index (χ4v) is 4.43. The lowest BCUT2D eigenvalue weighted by Gasteiger charge is -2.33. The number of carbonyl (C=O) groups excluding carboxylic acids is 2. The quantitative estimate of drug-likeness (QED) is 0.527. The SMILES string of the molecule is COc1ccc(N(C(=O)c2ccccn2)[C@H](C(=O)NC2CCCCC2)c2ccc(C)cc2)cc1. The van der Waals surface area contributed by atoms with Crippen molar-refractivity contribution in [3.8, 4) is 5.75 Å². The molecule has 4 rings (SSSR count). The van der Waals surface area contributed by atoms with Crippen LogP contribution < -0.4 is 15.0 Å². The number of anilines is 1. The molecule has 0 spiro atoms. The van der Waals surface area contributed by atoms with Crippen LogP contribution in [-0.2, 0) is 4.79 Å². The summed E-state index contributed by atoms with van der Waals surface area (Å²) >= 11 is 0. The zero-order chi connectivity index (χ0) is 23.9. The van der Waals surface area contributed by atoms with Gasteiger partial charge >= 0.3 is 0 Å². The smallest absolute Gasteiger partial charge is 0.277 e. The summed E-state index contributed by atoms with van der Waals surface area (Å²) in [6, 6.07) is 19.4. The number of pyridine rings is 1. The van der Waals surface area contributed by atoms with E-state index in [-0.39, 0.29) is 23.6 Å². The maximum Gasteiger partial charge on any atom is 0.277 e. The van der Waals surface area contributed by atoms with E-state index in [4.69, 9.17) is 4.74 Å². The van der Waals surface area contributed by atoms with Gasteiger partial charge in [0.25, 0.3) is 5.91 Å². The standard InChI is InChI=1S/C28H31N3O3/c1-20-11-13-21(14-12-20)26(27(32)30-22-8-4-3-5-9-22)31(23-15-17-24(34-2)18-16-23)28(33)25-10-6-7-19-29-25/h6-7,10-19,22,26H,3-5,8-9H2,1-2H3,(H,30,32)/t26-/m0/s1. The van der Waals surface area contributed by atoms with E-state index in [9.17, 15) is 9.59 Å². The Bertz CT molecular complexity index is 1090. The molecular formula is C28H31N3O3. The fraction of sp³-hybridized carbons (Fsp3) is 0.321. The number of nitrogens with zero attached hydrogens (tertiary/aromatic N) is 2. The summed E-state index contributed by atoms with van der Waals surface area (Å²) in [5.41, 5.74) is 2.71. The van der Waals surface area contributed by atoms with Gasteiger partial charge < -0.3 is 10.1 Å². The van der Waals surface area contributed by atoms with E-state index in [1.807, 2.05) is 31.2 Å². The van der Waals surface area contributed by atoms with Crippen LogP contribution in [0.1, 0.15) is 59.8 Å². The van der Waals surface area contributed by atoms with Crippen molar-refractivity contribution in [3.63, 3.8) is 0 Å². The third kappa shape index (κ3) is 5.45. The second-order valence-corrected chi connectivity index (χ2v) is 8.74. The molecule has 3 aromatic rings. The average molecular weight is 458 g/mol. The Morgan fingerprint density at radius 1 is 0.971 bits per heavy atom. The predicted molar refractivity (Wildman–Crippen MR) is 133 cm³/mol. The minimum absolute atomic E-state index is 0.122. The van der Waals surface area contributed by atoms with Gasteiger partial charge in [-0.1, -0.05) is 55.2 Å². The van der Waals surface area contributed by atoms with Gasteiger partial charge in [-0.2, -0.15) is 0 Å². The van der Waals surface area contributed by atoms with E-state index in [0.717, 1.165) is 36.8 Å². The predicted octanol–water partition coefficient (Wildman–Crippen LogP) is 5.24. The molecule has 1 atom stereocenters. The number of methoxy groups -OCH3 is 1. The molecule has 6 nitrogen and oxygen atoms in total. The Balaban J connectivity index is 1.79. The van der Waals surface area contributed by atoms with Crippen molar-refractivity contribution in [1.82, 2.24) is 10.3 Å². The summed E-state index contributed by atoms with van der Waals surface area (Å²) in [7, 11) is 1.60. The second kappa shape index (κ2) is 11.0. The molecule has 2 amide bonds. The molecule has 1 heterocycles. The second-order valence-electron chi connectivity index (χ2n) is 8.74. The average Bonchev–Trinajstić information content (AvgIpc) is 2.89. The summed E-state index contributed by atoms with van der Waals surface area (Å²) in [5, 5.41) is 3.23. The lowest BCUT2D eigenvalue weighted by molar-refractivity contribution is -0.123. The van der Waals surface area contributed by atoms with Crippen molar-refractivity contribution in [2.75, 3.05) is 12.0 Å². The van der Waals surface area contributed by atoms with Crippen LogP contribution in [0.3, 0.4) is 0 Å². The van der Waals surface area contributed by atoms with Gasteiger partial charge in [0.05, 0.1) is 7.11 Å². The van der Waals surface area contributed by atoms with Gasteiger partial charge in [-0.05, 0) is 61.7 Å². The van der Waals surface area contributed by atoms with Crippen LogP contribution in [0.15, 0.2) is 72.9 Å². The fourth-order valence-electron chi connectivity index (χ4n) is 4.43. The summed E-state index contributed by atoms with van der Waals surface area (Å²) < 4.78 is 5.31. The topological polar surface area (TPSA) is 71.5 Å². The van der Waals surface area contributed by atoms with E-state index in [2.05, 4.69) is 10.3 Å². The third-order valence-corrected chi connectivity index (χ3v) is 6.30. The Morgan fingerprint density at radius 2 is 1.68 bits per heavy atom. The van der Waals surface area contributed by atoms with Gasteiger partial charge in [0.2, 0.25) is 5.91 Å². The van der Waals surface area contributed by atoms with E-state index in [0.29, 0.717) is 11.4 Å².